The second kappa shape index (κ2) is 17.6. The summed E-state index contributed by atoms with van der Waals surface area (Å²) >= 11 is 0. The van der Waals surface area contributed by atoms with E-state index in [-0.39, 0.29) is 42.1 Å². The lowest BCUT2D eigenvalue weighted by Crippen LogP contribution is -3.14. The highest BCUT2D eigenvalue weighted by atomic mass is 35.5. The molecule has 0 spiro atoms. The quantitative estimate of drug-likeness (QED) is 0.372. The molecule has 0 radical (unpaired) electrons. The van der Waals surface area contributed by atoms with Crippen molar-refractivity contribution in [1.29, 1.82) is 0 Å². The highest BCUT2D eigenvalue weighted by Crippen LogP contribution is 2.30. The SMILES string of the molecule is CC(=O)Nc1ccc(C(=O)N(CCC[NH+]2CCOCC2)CC(=O)N(C2CCCCC2)C2CCCCC2)cc1.O.[Cl-]. The van der Waals surface area contributed by atoms with Crippen LogP contribution in [0.4, 0.5) is 5.69 Å². The first-order chi connectivity index (χ1) is 18.5. The number of nitrogens with zero attached hydrogens (tertiary/aromatic N) is 2. The van der Waals surface area contributed by atoms with Crippen LogP contribution in [0.3, 0.4) is 0 Å². The van der Waals surface area contributed by atoms with E-state index in [0.717, 1.165) is 65.0 Å². The summed E-state index contributed by atoms with van der Waals surface area (Å²) in [7, 11) is 0. The summed E-state index contributed by atoms with van der Waals surface area (Å²) < 4.78 is 5.49. The molecule has 0 bridgehead atoms. The summed E-state index contributed by atoms with van der Waals surface area (Å²) in [5.74, 6) is -0.143. The minimum absolute atomic E-state index is 0. The summed E-state index contributed by atoms with van der Waals surface area (Å²) in [6.45, 7) is 6.70. The second-order valence-electron chi connectivity index (χ2n) is 11.3. The largest absolute Gasteiger partial charge is 1.00 e. The van der Waals surface area contributed by atoms with E-state index in [9.17, 15) is 14.4 Å². The van der Waals surface area contributed by atoms with Crippen molar-refractivity contribution in [3.8, 4) is 0 Å². The molecule has 10 heteroatoms. The van der Waals surface area contributed by atoms with Crippen molar-refractivity contribution in [1.82, 2.24) is 9.80 Å². The zero-order valence-corrected chi connectivity index (χ0v) is 24.9. The Labute approximate surface area is 245 Å². The first-order valence-electron chi connectivity index (χ1n) is 14.9. The average molecular weight is 581 g/mol. The number of halogens is 1. The van der Waals surface area contributed by atoms with E-state index in [0.29, 0.717) is 29.9 Å². The third-order valence-electron chi connectivity index (χ3n) is 8.45. The van der Waals surface area contributed by atoms with E-state index in [1.807, 2.05) is 0 Å². The van der Waals surface area contributed by atoms with Crippen LogP contribution in [0.15, 0.2) is 24.3 Å². The Bertz CT molecular complexity index is 895. The van der Waals surface area contributed by atoms with Crippen molar-refractivity contribution < 1.29 is 41.9 Å². The minimum Gasteiger partial charge on any atom is -1.00 e. The molecule has 9 nitrogen and oxygen atoms in total. The monoisotopic (exact) mass is 580 g/mol. The van der Waals surface area contributed by atoms with Gasteiger partial charge in [-0.25, -0.2) is 0 Å². The van der Waals surface area contributed by atoms with Crippen LogP contribution in [0.2, 0.25) is 0 Å². The molecule has 3 aliphatic rings. The van der Waals surface area contributed by atoms with Crippen LogP contribution in [0.5, 0.6) is 0 Å². The van der Waals surface area contributed by atoms with Crippen molar-refractivity contribution >= 4 is 23.4 Å². The molecule has 3 fully saturated rings. The van der Waals surface area contributed by atoms with Gasteiger partial charge in [0.2, 0.25) is 11.8 Å². The third kappa shape index (κ3) is 10.0. The van der Waals surface area contributed by atoms with Crippen molar-refractivity contribution in [3.63, 3.8) is 0 Å². The van der Waals surface area contributed by atoms with Gasteiger partial charge in [0.25, 0.3) is 5.91 Å². The molecule has 226 valence electrons. The Kier molecular flexibility index (Phi) is 14.9. The minimum atomic E-state index is -0.146. The molecule has 3 amide bonds. The smallest absolute Gasteiger partial charge is 0.254 e. The number of ether oxygens (including phenoxy) is 1. The highest BCUT2D eigenvalue weighted by Gasteiger charge is 2.34. The van der Waals surface area contributed by atoms with E-state index < -0.39 is 0 Å². The molecule has 1 aliphatic heterocycles. The maximum Gasteiger partial charge on any atom is 0.254 e. The molecule has 4 rings (SSSR count). The number of quaternary nitrogens is 1. The third-order valence-corrected chi connectivity index (χ3v) is 8.45. The van der Waals surface area contributed by atoms with Gasteiger partial charge in [0.05, 0.1) is 19.8 Å². The molecule has 2 aliphatic carbocycles. The standard InChI is InChI=1S/C30H46N4O4.ClH.H2O/c1-24(35)31-26-15-13-25(14-16-26)30(37)33(18-8-17-32-19-21-38-22-20-32)23-29(36)34(27-9-4-2-5-10-27)28-11-6-3-7-12-28;;/h13-16,27-28H,2-12,17-23H2,1H3,(H,31,35);1H;1H2. The molecule has 0 unspecified atom stereocenters. The lowest BCUT2D eigenvalue weighted by Gasteiger charge is -2.42. The number of anilines is 1. The van der Waals surface area contributed by atoms with Gasteiger partial charge < -0.3 is 42.6 Å². The van der Waals surface area contributed by atoms with Gasteiger partial charge in [-0.15, -0.1) is 0 Å². The normalized spacial score (nSPS) is 18.6. The first kappa shape index (κ1) is 34.0. The van der Waals surface area contributed by atoms with E-state index in [1.165, 1.54) is 50.3 Å². The summed E-state index contributed by atoms with van der Waals surface area (Å²) in [4.78, 5) is 44.6. The van der Waals surface area contributed by atoms with Crippen molar-refractivity contribution in [2.75, 3.05) is 51.3 Å². The van der Waals surface area contributed by atoms with Crippen LogP contribution in [0, 0.1) is 0 Å². The first-order valence-corrected chi connectivity index (χ1v) is 14.9. The lowest BCUT2D eigenvalue weighted by atomic mass is 9.88. The molecular formula is C30H49ClN4O5. The van der Waals surface area contributed by atoms with Crippen LogP contribution in [0.1, 0.15) is 87.9 Å². The van der Waals surface area contributed by atoms with Crippen LogP contribution in [-0.2, 0) is 14.3 Å². The number of benzene rings is 1. The number of rotatable bonds is 10. The Morgan fingerprint density at radius 2 is 1.45 bits per heavy atom. The van der Waals surface area contributed by atoms with Crippen molar-refractivity contribution in [2.24, 2.45) is 0 Å². The zero-order valence-electron chi connectivity index (χ0n) is 24.1. The molecule has 1 aromatic rings. The Morgan fingerprint density at radius 3 is 1.98 bits per heavy atom. The number of hydrogen-bond donors (Lipinski definition) is 2. The number of carbonyl (C=O) groups is 3. The van der Waals surface area contributed by atoms with Gasteiger partial charge in [0.1, 0.15) is 19.6 Å². The highest BCUT2D eigenvalue weighted by molar-refractivity contribution is 5.97. The topological polar surface area (TPSA) is 115 Å². The molecule has 2 saturated carbocycles. The Balaban J connectivity index is 0.00000280. The van der Waals surface area contributed by atoms with Crippen LogP contribution >= 0.6 is 0 Å². The number of nitrogens with one attached hydrogen (secondary N) is 2. The summed E-state index contributed by atoms with van der Waals surface area (Å²) in [5, 5.41) is 2.75. The molecule has 1 saturated heterocycles. The number of carbonyl (C=O) groups excluding carboxylic acids is 3. The van der Waals surface area contributed by atoms with E-state index in [4.69, 9.17) is 4.74 Å². The molecule has 4 N–H and O–H groups in total. The molecule has 0 aromatic heterocycles. The zero-order chi connectivity index (χ0) is 26.7. The maximum atomic E-state index is 14.0. The fourth-order valence-electron chi connectivity index (χ4n) is 6.43. The van der Waals surface area contributed by atoms with Gasteiger partial charge in [0.15, 0.2) is 0 Å². The van der Waals surface area contributed by atoms with Gasteiger partial charge in [-0.1, -0.05) is 38.5 Å². The molecular weight excluding hydrogens is 532 g/mol. The van der Waals surface area contributed by atoms with Gasteiger partial charge in [-0.3, -0.25) is 14.4 Å². The maximum absolute atomic E-state index is 14.0. The van der Waals surface area contributed by atoms with E-state index in [1.54, 1.807) is 29.2 Å². The summed E-state index contributed by atoms with van der Waals surface area (Å²) in [5.41, 5.74) is 1.21. The van der Waals surface area contributed by atoms with Gasteiger partial charge in [-0.05, 0) is 49.9 Å². The van der Waals surface area contributed by atoms with Crippen molar-refractivity contribution in [3.05, 3.63) is 29.8 Å². The lowest BCUT2D eigenvalue weighted by molar-refractivity contribution is -0.908. The fraction of sp³-hybridized carbons (Fsp3) is 0.700. The summed E-state index contributed by atoms with van der Waals surface area (Å²) in [6.07, 6.45) is 12.5. The van der Waals surface area contributed by atoms with Gasteiger partial charge in [0, 0.05) is 43.2 Å². The second-order valence-corrected chi connectivity index (χ2v) is 11.3. The number of morpholine rings is 1. The molecule has 1 aromatic carbocycles. The predicted octanol–water partition coefficient (Wildman–Crippen LogP) is -0.934. The van der Waals surface area contributed by atoms with Crippen LogP contribution in [-0.4, -0.2) is 91.0 Å². The molecule has 0 atom stereocenters. The number of hydrogen-bond acceptors (Lipinski definition) is 4. The van der Waals surface area contributed by atoms with Crippen LogP contribution < -0.4 is 22.6 Å². The fourth-order valence-corrected chi connectivity index (χ4v) is 6.43. The average Bonchev–Trinajstić information content (AvgIpc) is 2.94. The molecule has 1 heterocycles. The molecule has 40 heavy (non-hydrogen) atoms. The van der Waals surface area contributed by atoms with E-state index in [2.05, 4.69) is 10.2 Å². The van der Waals surface area contributed by atoms with Crippen molar-refractivity contribution in [2.45, 2.75) is 89.6 Å². The summed E-state index contributed by atoms with van der Waals surface area (Å²) in [6, 6.07) is 7.62. The Morgan fingerprint density at radius 1 is 0.900 bits per heavy atom. The van der Waals surface area contributed by atoms with Gasteiger partial charge >= 0.3 is 0 Å². The van der Waals surface area contributed by atoms with Crippen LogP contribution in [0.25, 0.3) is 0 Å². The van der Waals surface area contributed by atoms with E-state index >= 15 is 0 Å². The van der Waals surface area contributed by atoms with Gasteiger partial charge in [-0.2, -0.15) is 0 Å². The number of amides is 3. The predicted molar refractivity (Wildman–Crippen MR) is 152 cm³/mol. The Hall–Kier alpha value is -2.20.